The third kappa shape index (κ3) is 5.44. The number of hydrogen-bond acceptors (Lipinski definition) is 2. The summed E-state index contributed by atoms with van der Waals surface area (Å²) >= 11 is 0. The van der Waals surface area contributed by atoms with Gasteiger partial charge in [0.1, 0.15) is 0 Å². The molecule has 0 saturated heterocycles. The normalized spacial score (nSPS) is 20.3. The first-order valence-electron chi connectivity index (χ1n) is 9.54. The molecule has 2 heteroatoms. The lowest BCUT2D eigenvalue weighted by molar-refractivity contribution is 0.131. The Labute approximate surface area is 152 Å². The van der Waals surface area contributed by atoms with Crippen LogP contribution in [0.4, 0.5) is 0 Å². The Kier molecular flexibility index (Phi) is 6.65. The van der Waals surface area contributed by atoms with Crippen LogP contribution in [0.1, 0.15) is 43.2 Å². The van der Waals surface area contributed by atoms with Crippen molar-refractivity contribution in [2.24, 2.45) is 5.92 Å². The van der Waals surface area contributed by atoms with Gasteiger partial charge in [-0.15, -0.1) is 0 Å². The monoisotopic (exact) mass is 332 g/mol. The molecule has 2 aromatic carbocycles. The number of benzene rings is 2. The molecular formula is C23H28N2. The van der Waals surface area contributed by atoms with Crippen molar-refractivity contribution < 1.29 is 0 Å². The summed E-state index contributed by atoms with van der Waals surface area (Å²) in [7, 11) is 0. The van der Waals surface area contributed by atoms with Gasteiger partial charge >= 0.3 is 0 Å². The highest BCUT2D eigenvalue weighted by Gasteiger charge is 2.25. The molecule has 0 radical (unpaired) electrons. The fraction of sp³-hybridized carbons (Fsp3) is 0.435. The maximum atomic E-state index is 8.94. The Bertz CT molecular complexity index is 651. The second-order valence-electron chi connectivity index (χ2n) is 7.23. The van der Waals surface area contributed by atoms with Crippen LogP contribution in [0.5, 0.6) is 0 Å². The molecule has 0 aromatic heterocycles. The van der Waals surface area contributed by atoms with Gasteiger partial charge in [-0.25, -0.2) is 0 Å². The van der Waals surface area contributed by atoms with Gasteiger partial charge in [0.15, 0.2) is 0 Å². The summed E-state index contributed by atoms with van der Waals surface area (Å²) in [4.78, 5) is 2.67. The van der Waals surface area contributed by atoms with Crippen LogP contribution in [0, 0.1) is 17.2 Å². The molecule has 25 heavy (non-hydrogen) atoms. The SMILES string of the molecule is N#CCC1CCC(N(CCc2ccccc2)Cc2ccccc2)CC1. The molecule has 1 fully saturated rings. The molecular weight excluding hydrogens is 304 g/mol. The van der Waals surface area contributed by atoms with E-state index in [1.54, 1.807) is 0 Å². The molecule has 1 aliphatic carbocycles. The van der Waals surface area contributed by atoms with Gasteiger partial charge in [-0.1, -0.05) is 60.7 Å². The lowest BCUT2D eigenvalue weighted by Gasteiger charge is -2.36. The summed E-state index contributed by atoms with van der Waals surface area (Å²) in [5.41, 5.74) is 2.81. The smallest absolute Gasteiger partial charge is 0.0624 e. The Hall–Kier alpha value is -2.11. The maximum Gasteiger partial charge on any atom is 0.0624 e. The van der Waals surface area contributed by atoms with E-state index >= 15 is 0 Å². The zero-order valence-corrected chi connectivity index (χ0v) is 15.0. The van der Waals surface area contributed by atoms with Gasteiger partial charge in [0, 0.05) is 25.6 Å². The highest BCUT2D eigenvalue weighted by atomic mass is 15.1. The van der Waals surface area contributed by atoms with E-state index < -0.39 is 0 Å². The van der Waals surface area contributed by atoms with Crippen LogP contribution in [0.15, 0.2) is 60.7 Å². The predicted molar refractivity (Wildman–Crippen MR) is 103 cm³/mol. The first kappa shape index (κ1) is 17.7. The summed E-state index contributed by atoms with van der Waals surface area (Å²) in [6.07, 6.45) is 6.70. The Morgan fingerprint density at radius 2 is 1.44 bits per heavy atom. The van der Waals surface area contributed by atoms with Crippen molar-refractivity contribution in [3.8, 4) is 6.07 Å². The van der Waals surface area contributed by atoms with Gasteiger partial charge in [-0.3, -0.25) is 4.90 Å². The Balaban J connectivity index is 1.63. The van der Waals surface area contributed by atoms with E-state index in [-0.39, 0.29) is 0 Å². The van der Waals surface area contributed by atoms with Crippen molar-refractivity contribution in [2.75, 3.05) is 6.54 Å². The van der Waals surface area contributed by atoms with Crippen molar-refractivity contribution in [1.82, 2.24) is 4.90 Å². The number of nitrogens with zero attached hydrogens (tertiary/aromatic N) is 2. The first-order valence-corrected chi connectivity index (χ1v) is 9.54. The van der Waals surface area contributed by atoms with E-state index in [0.717, 1.165) is 25.9 Å². The molecule has 3 rings (SSSR count). The lowest BCUT2D eigenvalue weighted by Crippen LogP contribution is -2.39. The topological polar surface area (TPSA) is 27.0 Å². The van der Waals surface area contributed by atoms with Crippen LogP contribution in [0.25, 0.3) is 0 Å². The fourth-order valence-electron chi connectivity index (χ4n) is 3.97. The van der Waals surface area contributed by atoms with Gasteiger partial charge in [-0.2, -0.15) is 5.26 Å². The standard InChI is InChI=1S/C23H28N2/c24-17-15-21-11-13-23(14-12-21)25(19-22-9-5-2-6-10-22)18-16-20-7-3-1-4-8-20/h1-10,21,23H,11-16,18-19H2. The summed E-state index contributed by atoms with van der Waals surface area (Å²) in [5.74, 6) is 0.619. The lowest BCUT2D eigenvalue weighted by atomic mass is 9.83. The second-order valence-corrected chi connectivity index (χ2v) is 7.23. The van der Waals surface area contributed by atoms with Gasteiger partial charge < -0.3 is 0 Å². The van der Waals surface area contributed by atoms with E-state index in [1.807, 2.05) is 0 Å². The Morgan fingerprint density at radius 1 is 0.840 bits per heavy atom. The van der Waals surface area contributed by atoms with E-state index in [0.29, 0.717) is 12.0 Å². The van der Waals surface area contributed by atoms with Gasteiger partial charge in [-0.05, 0) is 49.1 Å². The van der Waals surface area contributed by atoms with Crippen LogP contribution in [-0.2, 0) is 13.0 Å². The molecule has 2 nitrogen and oxygen atoms in total. The number of hydrogen-bond donors (Lipinski definition) is 0. The van der Waals surface area contributed by atoms with E-state index in [9.17, 15) is 0 Å². The van der Waals surface area contributed by atoms with Crippen molar-refractivity contribution in [2.45, 2.75) is 51.1 Å². The molecule has 0 atom stereocenters. The molecule has 0 spiro atoms. The minimum absolute atomic E-state index is 0.619. The highest BCUT2D eigenvalue weighted by Crippen LogP contribution is 2.30. The zero-order chi connectivity index (χ0) is 17.3. The van der Waals surface area contributed by atoms with Gasteiger partial charge in [0.2, 0.25) is 0 Å². The van der Waals surface area contributed by atoms with Crippen molar-refractivity contribution in [3.05, 3.63) is 71.8 Å². The Morgan fingerprint density at radius 3 is 2.04 bits per heavy atom. The largest absolute Gasteiger partial charge is 0.296 e. The third-order valence-corrected chi connectivity index (χ3v) is 5.47. The zero-order valence-electron chi connectivity index (χ0n) is 15.0. The van der Waals surface area contributed by atoms with E-state index in [1.165, 1.54) is 36.8 Å². The van der Waals surface area contributed by atoms with E-state index in [4.69, 9.17) is 5.26 Å². The summed E-state index contributed by atoms with van der Waals surface area (Å²) in [5, 5.41) is 8.94. The van der Waals surface area contributed by atoms with E-state index in [2.05, 4.69) is 71.6 Å². The minimum Gasteiger partial charge on any atom is -0.296 e. The second kappa shape index (κ2) is 9.39. The molecule has 0 unspecified atom stereocenters. The van der Waals surface area contributed by atoms with Gasteiger partial charge in [0.05, 0.1) is 6.07 Å². The first-order chi connectivity index (χ1) is 12.3. The predicted octanol–water partition coefficient (Wildman–Crippen LogP) is 5.20. The van der Waals surface area contributed by atoms with Crippen LogP contribution in [0.2, 0.25) is 0 Å². The summed E-state index contributed by atoms with van der Waals surface area (Å²) in [6, 6.07) is 24.6. The molecule has 0 heterocycles. The fourth-order valence-corrected chi connectivity index (χ4v) is 3.97. The van der Waals surface area contributed by atoms with Gasteiger partial charge in [0.25, 0.3) is 0 Å². The van der Waals surface area contributed by atoms with Crippen LogP contribution in [0.3, 0.4) is 0 Å². The molecule has 2 aromatic rings. The highest BCUT2D eigenvalue weighted by molar-refractivity contribution is 5.16. The minimum atomic E-state index is 0.619. The van der Waals surface area contributed by atoms with Crippen molar-refractivity contribution >= 4 is 0 Å². The van der Waals surface area contributed by atoms with Crippen molar-refractivity contribution in [1.29, 1.82) is 5.26 Å². The molecule has 0 amide bonds. The number of nitriles is 1. The molecule has 0 N–H and O–H groups in total. The molecule has 0 aliphatic heterocycles. The molecule has 1 aliphatic rings. The maximum absolute atomic E-state index is 8.94. The van der Waals surface area contributed by atoms with Crippen LogP contribution >= 0.6 is 0 Å². The van der Waals surface area contributed by atoms with Crippen LogP contribution in [-0.4, -0.2) is 17.5 Å². The van der Waals surface area contributed by atoms with Crippen LogP contribution < -0.4 is 0 Å². The molecule has 1 saturated carbocycles. The average Bonchev–Trinajstić information content (AvgIpc) is 2.68. The quantitative estimate of drug-likeness (QED) is 0.696. The average molecular weight is 332 g/mol. The summed E-state index contributed by atoms with van der Waals surface area (Å²) < 4.78 is 0. The number of rotatable bonds is 7. The van der Waals surface area contributed by atoms with Crippen molar-refractivity contribution in [3.63, 3.8) is 0 Å². The summed E-state index contributed by atoms with van der Waals surface area (Å²) in [6.45, 7) is 2.13. The molecule has 0 bridgehead atoms. The molecule has 130 valence electrons. The third-order valence-electron chi connectivity index (χ3n) is 5.47.